The normalized spacial score (nSPS) is 18.7. The number of nitrogens with one attached hydrogen (secondary N) is 1. The summed E-state index contributed by atoms with van der Waals surface area (Å²) in [6.45, 7) is 16.8. The summed E-state index contributed by atoms with van der Waals surface area (Å²) in [7, 11) is 0. The van der Waals surface area contributed by atoms with Gasteiger partial charge in [-0.05, 0) is 38.3 Å². The number of rotatable bonds is 9. The molecule has 1 aliphatic rings. The molecule has 18 heavy (non-hydrogen) atoms. The van der Waals surface area contributed by atoms with E-state index in [1.807, 2.05) is 0 Å². The second kappa shape index (κ2) is 9.76. The predicted molar refractivity (Wildman–Crippen MR) is 80.1 cm³/mol. The highest BCUT2D eigenvalue weighted by Gasteiger charge is 2.14. The summed E-state index contributed by atoms with van der Waals surface area (Å²) in [6, 6.07) is 0. The Morgan fingerprint density at radius 3 is 2.11 bits per heavy atom. The van der Waals surface area contributed by atoms with Gasteiger partial charge in [-0.3, -0.25) is 4.90 Å². The minimum Gasteiger partial charge on any atom is -0.315 e. The van der Waals surface area contributed by atoms with Crippen molar-refractivity contribution in [1.82, 2.24) is 15.1 Å². The summed E-state index contributed by atoms with van der Waals surface area (Å²) in [5.41, 5.74) is 0. The third-order valence-corrected chi connectivity index (χ3v) is 3.74. The predicted octanol–water partition coefficient (Wildman–Crippen LogP) is 2.04. The van der Waals surface area contributed by atoms with Crippen molar-refractivity contribution >= 4 is 0 Å². The molecule has 0 aliphatic carbocycles. The molecular formula is C15H33N3. The molecule has 1 aliphatic heterocycles. The Balaban J connectivity index is 1.91. The van der Waals surface area contributed by atoms with E-state index in [-0.39, 0.29) is 0 Å². The molecule has 0 spiro atoms. The first-order valence-electron chi connectivity index (χ1n) is 7.87. The molecule has 0 amide bonds. The van der Waals surface area contributed by atoms with Crippen LogP contribution in [0.25, 0.3) is 0 Å². The molecule has 0 radical (unpaired) electrons. The number of hydrogen-bond donors (Lipinski definition) is 1. The van der Waals surface area contributed by atoms with E-state index < -0.39 is 0 Å². The molecule has 3 nitrogen and oxygen atoms in total. The molecule has 0 saturated carbocycles. The van der Waals surface area contributed by atoms with Crippen molar-refractivity contribution in [1.29, 1.82) is 0 Å². The monoisotopic (exact) mass is 255 g/mol. The molecule has 0 bridgehead atoms. The van der Waals surface area contributed by atoms with Gasteiger partial charge in [0.2, 0.25) is 0 Å². The van der Waals surface area contributed by atoms with Crippen LogP contribution in [0.1, 0.15) is 40.0 Å². The highest BCUT2D eigenvalue weighted by atomic mass is 15.3. The second-order valence-corrected chi connectivity index (χ2v) is 5.97. The first-order chi connectivity index (χ1) is 8.72. The number of piperazine rings is 1. The lowest BCUT2D eigenvalue weighted by Gasteiger charge is -2.34. The van der Waals surface area contributed by atoms with Crippen LogP contribution in [0.3, 0.4) is 0 Å². The Hall–Kier alpha value is -0.120. The molecule has 1 N–H and O–H groups in total. The smallest absolute Gasteiger partial charge is 0.0110 e. The minimum atomic E-state index is 0.846. The summed E-state index contributed by atoms with van der Waals surface area (Å²) in [6.07, 6.45) is 3.96. The van der Waals surface area contributed by atoms with Crippen LogP contribution in [0.2, 0.25) is 0 Å². The van der Waals surface area contributed by atoms with Crippen LogP contribution in [0, 0.1) is 5.92 Å². The lowest BCUT2D eigenvalue weighted by molar-refractivity contribution is 0.133. The number of hydrogen-bond acceptors (Lipinski definition) is 3. The van der Waals surface area contributed by atoms with Crippen LogP contribution >= 0.6 is 0 Å². The van der Waals surface area contributed by atoms with Gasteiger partial charge in [0.15, 0.2) is 0 Å². The third kappa shape index (κ3) is 7.34. The van der Waals surface area contributed by atoms with Crippen LogP contribution in [0.4, 0.5) is 0 Å². The maximum Gasteiger partial charge on any atom is 0.0110 e. The zero-order valence-corrected chi connectivity index (χ0v) is 12.7. The van der Waals surface area contributed by atoms with E-state index in [2.05, 4.69) is 35.9 Å². The van der Waals surface area contributed by atoms with Crippen LogP contribution < -0.4 is 5.32 Å². The lowest BCUT2D eigenvalue weighted by atomic mass is 10.1. The maximum absolute atomic E-state index is 3.57. The zero-order chi connectivity index (χ0) is 13.2. The Morgan fingerprint density at radius 2 is 1.56 bits per heavy atom. The summed E-state index contributed by atoms with van der Waals surface area (Å²) in [5.74, 6) is 0.846. The average molecular weight is 255 g/mol. The van der Waals surface area contributed by atoms with E-state index in [1.165, 1.54) is 65.1 Å². The van der Waals surface area contributed by atoms with E-state index in [0.717, 1.165) is 12.5 Å². The van der Waals surface area contributed by atoms with Crippen LogP contribution in [0.5, 0.6) is 0 Å². The molecule has 1 heterocycles. The zero-order valence-electron chi connectivity index (χ0n) is 12.7. The van der Waals surface area contributed by atoms with E-state index in [9.17, 15) is 0 Å². The maximum atomic E-state index is 3.57. The van der Waals surface area contributed by atoms with Gasteiger partial charge < -0.3 is 10.2 Å². The lowest BCUT2D eigenvalue weighted by Crippen LogP contribution is -2.48. The van der Waals surface area contributed by atoms with Gasteiger partial charge in [0.05, 0.1) is 0 Å². The molecule has 0 unspecified atom stereocenters. The minimum absolute atomic E-state index is 0.846. The molecule has 1 fully saturated rings. The molecule has 0 aromatic heterocycles. The third-order valence-electron chi connectivity index (χ3n) is 3.74. The fourth-order valence-corrected chi connectivity index (χ4v) is 2.55. The van der Waals surface area contributed by atoms with Gasteiger partial charge in [0.1, 0.15) is 0 Å². The van der Waals surface area contributed by atoms with E-state index in [4.69, 9.17) is 0 Å². The molecule has 3 heteroatoms. The summed E-state index contributed by atoms with van der Waals surface area (Å²) < 4.78 is 0. The molecule has 0 aromatic rings. The largest absolute Gasteiger partial charge is 0.315 e. The van der Waals surface area contributed by atoms with Crippen LogP contribution in [-0.4, -0.2) is 62.2 Å². The topological polar surface area (TPSA) is 18.5 Å². The van der Waals surface area contributed by atoms with Gasteiger partial charge in [-0.15, -0.1) is 0 Å². The second-order valence-electron chi connectivity index (χ2n) is 5.97. The van der Waals surface area contributed by atoms with Gasteiger partial charge in [-0.1, -0.05) is 20.8 Å². The van der Waals surface area contributed by atoms with Crippen molar-refractivity contribution in [3.63, 3.8) is 0 Å². The Bertz CT molecular complexity index is 186. The standard InChI is InChI=1S/C15H33N3/c1-4-9-17-11-13-18(14-12-17)10-8-16-7-5-6-15(2)3/h15-16H,4-14H2,1-3H3. The van der Waals surface area contributed by atoms with Gasteiger partial charge in [-0.2, -0.15) is 0 Å². The van der Waals surface area contributed by atoms with Gasteiger partial charge in [-0.25, -0.2) is 0 Å². The molecular weight excluding hydrogens is 222 g/mol. The molecule has 0 aromatic carbocycles. The fourth-order valence-electron chi connectivity index (χ4n) is 2.55. The summed E-state index contributed by atoms with van der Waals surface area (Å²) in [5, 5.41) is 3.57. The Labute approximate surface area is 114 Å². The molecule has 1 rings (SSSR count). The molecule has 1 saturated heterocycles. The molecule has 0 atom stereocenters. The van der Waals surface area contributed by atoms with E-state index >= 15 is 0 Å². The first-order valence-corrected chi connectivity index (χ1v) is 7.87. The summed E-state index contributed by atoms with van der Waals surface area (Å²) in [4.78, 5) is 5.19. The van der Waals surface area contributed by atoms with Crippen molar-refractivity contribution in [3.8, 4) is 0 Å². The van der Waals surface area contributed by atoms with Gasteiger partial charge in [0.25, 0.3) is 0 Å². The fraction of sp³-hybridized carbons (Fsp3) is 1.00. The van der Waals surface area contributed by atoms with Crippen LogP contribution in [-0.2, 0) is 0 Å². The highest BCUT2D eigenvalue weighted by molar-refractivity contribution is 4.72. The van der Waals surface area contributed by atoms with Crippen molar-refractivity contribution in [2.24, 2.45) is 5.92 Å². The quantitative estimate of drug-likeness (QED) is 0.636. The Kier molecular flexibility index (Phi) is 8.64. The van der Waals surface area contributed by atoms with E-state index in [0.29, 0.717) is 0 Å². The van der Waals surface area contributed by atoms with E-state index in [1.54, 1.807) is 0 Å². The van der Waals surface area contributed by atoms with Crippen molar-refractivity contribution in [2.75, 3.05) is 52.4 Å². The average Bonchev–Trinajstić information content (AvgIpc) is 2.35. The SMILES string of the molecule is CCCN1CCN(CCNCCCC(C)C)CC1. The van der Waals surface area contributed by atoms with Gasteiger partial charge in [0, 0.05) is 39.3 Å². The highest BCUT2D eigenvalue weighted by Crippen LogP contribution is 2.02. The Morgan fingerprint density at radius 1 is 0.944 bits per heavy atom. The number of nitrogens with zero attached hydrogens (tertiary/aromatic N) is 2. The van der Waals surface area contributed by atoms with Crippen LogP contribution in [0.15, 0.2) is 0 Å². The molecule has 108 valence electrons. The van der Waals surface area contributed by atoms with Crippen molar-refractivity contribution in [3.05, 3.63) is 0 Å². The van der Waals surface area contributed by atoms with Crippen molar-refractivity contribution < 1.29 is 0 Å². The van der Waals surface area contributed by atoms with Gasteiger partial charge >= 0.3 is 0 Å². The summed E-state index contributed by atoms with van der Waals surface area (Å²) >= 11 is 0. The van der Waals surface area contributed by atoms with Crippen molar-refractivity contribution in [2.45, 2.75) is 40.0 Å². The first kappa shape index (κ1) is 15.9.